The molecule has 9 rings (SSSR count). The zero-order chi connectivity index (χ0) is 38.4. The van der Waals surface area contributed by atoms with Gasteiger partial charge in [-0.1, -0.05) is 93.8 Å². The molecule has 0 aliphatic carbocycles. The number of hydrogen-bond donors (Lipinski definition) is 0. The second-order valence-electron chi connectivity index (χ2n) is 17.2. The first-order valence-electron chi connectivity index (χ1n) is 20.2. The summed E-state index contributed by atoms with van der Waals surface area (Å²) in [5.74, 6) is 0. The Bertz CT molecular complexity index is 2800. The Morgan fingerprint density at radius 2 is 1.05 bits per heavy atom. The number of aryl methyl sites for hydroxylation is 3. The minimum Gasteiger partial charge on any atom is -0.337 e. The highest BCUT2D eigenvalue weighted by molar-refractivity contribution is 6.13. The number of anilines is 2. The first-order valence-corrected chi connectivity index (χ1v) is 20.2. The van der Waals surface area contributed by atoms with Crippen molar-refractivity contribution in [3.63, 3.8) is 0 Å². The lowest BCUT2D eigenvalue weighted by Crippen LogP contribution is -2.39. The Kier molecular flexibility index (Phi) is 8.17. The predicted molar refractivity (Wildman–Crippen MR) is 237 cm³/mol. The molecule has 3 heterocycles. The molecule has 55 heavy (non-hydrogen) atoms. The zero-order valence-electron chi connectivity index (χ0n) is 33.8. The third-order valence-corrected chi connectivity index (χ3v) is 13.3. The Balaban J connectivity index is 1.31. The molecule has 0 N–H and O–H groups in total. The van der Waals surface area contributed by atoms with Gasteiger partial charge in [0.15, 0.2) is 0 Å². The molecule has 1 atom stereocenters. The van der Waals surface area contributed by atoms with Crippen molar-refractivity contribution in [3.05, 3.63) is 156 Å². The monoisotopic (exact) mass is 719 g/mol. The molecule has 0 spiro atoms. The van der Waals surface area contributed by atoms with Crippen LogP contribution < -0.4 is 4.90 Å². The molecule has 0 fully saturated rings. The van der Waals surface area contributed by atoms with Crippen LogP contribution in [0.5, 0.6) is 0 Å². The highest BCUT2D eigenvalue weighted by atomic mass is 15.2. The Morgan fingerprint density at radius 3 is 1.71 bits per heavy atom. The lowest BCUT2D eigenvalue weighted by molar-refractivity contribution is 0.378. The van der Waals surface area contributed by atoms with Gasteiger partial charge in [-0.15, -0.1) is 6.58 Å². The van der Waals surface area contributed by atoms with E-state index in [9.17, 15) is 0 Å². The summed E-state index contributed by atoms with van der Waals surface area (Å²) in [6.45, 7) is 22.6. The summed E-state index contributed by atoms with van der Waals surface area (Å²) in [7, 11) is 0. The first kappa shape index (κ1) is 35.2. The van der Waals surface area contributed by atoms with Crippen LogP contribution in [-0.2, 0) is 11.8 Å². The van der Waals surface area contributed by atoms with Crippen LogP contribution in [0.15, 0.2) is 128 Å². The van der Waals surface area contributed by atoms with Gasteiger partial charge in [-0.2, -0.15) is 0 Å². The smallest absolute Gasteiger partial charge is 0.0542 e. The maximum atomic E-state index is 4.29. The molecule has 0 radical (unpaired) electrons. The predicted octanol–water partition coefficient (Wildman–Crippen LogP) is 14.2. The molecule has 276 valence electrons. The molecule has 8 aromatic rings. The molecule has 0 amide bonds. The van der Waals surface area contributed by atoms with E-state index in [2.05, 4.69) is 197 Å². The number of hydrogen-bond acceptors (Lipinski definition) is 1. The van der Waals surface area contributed by atoms with Crippen LogP contribution in [0.4, 0.5) is 11.4 Å². The lowest BCUT2D eigenvalue weighted by Gasteiger charge is -2.37. The van der Waals surface area contributed by atoms with E-state index in [-0.39, 0.29) is 16.9 Å². The molecule has 6 aromatic carbocycles. The number of rotatable bonds is 8. The van der Waals surface area contributed by atoms with E-state index >= 15 is 0 Å². The van der Waals surface area contributed by atoms with Gasteiger partial charge in [-0.25, -0.2) is 0 Å². The van der Waals surface area contributed by atoms with Crippen LogP contribution in [0.1, 0.15) is 75.3 Å². The van der Waals surface area contributed by atoms with Gasteiger partial charge in [0.05, 0.1) is 22.1 Å². The molecule has 3 nitrogen and oxygen atoms in total. The summed E-state index contributed by atoms with van der Waals surface area (Å²) < 4.78 is 4.94. The van der Waals surface area contributed by atoms with E-state index in [1.165, 1.54) is 94.2 Å². The van der Waals surface area contributed by atoms with Gasteiger partial charge in [0, 0.05) is 55.8 Å². The molecule has 0 saturated carbocycles. The molecule has 1 aliphatic rings. The van der Waals surface area contributed by atoms with Crippen molar-refractivity contribution in [2.24, 2.45) is 5.41 Å². The lowest BCUT2D eigenvalue weighted by atomic mass is 9.77. The van der Waals surface area contributed by atoms with Crippen molar-refractivity contribution in [2.75, 3.05) is 4.90 Å². The van der Waals surface area contributed by atoms with Gasteiger partial charge < -0.3 is 14.0 Å². The standard InChI is InChI=1S/C52H53N3/c1-10-51(7,8)50-29-36-27-34(5)15-22-45(36)55(50)40-21-26-49-44(32-40)43-31-39(20-25-48(43)53(49)38-18-13-33(4)14-19-38)54-46-23-16-35(6)28-41(46)42-30-37(17-24-47(42)54)52(9,11-2)12-3/h10,13-28,30-32,50H,1,11-12,29H2,2-9H3/t50-/m0/s1. The van der Waals surface area contributed by atoms with Crippen molar-refractivity contribution in [1.29, 1.82) is 0 Å². The third-order valence-electron chi connectivity index (χ3n) is 13.3. The number of benzene rings is 6. The Hall–Kier alpha value is -5.54. The largest absolute Gasteiger partial charge is 0.337 e. The summed E-state index contributed by atoms with van der Waals surface area (Å²) in [4.78, 5) is 2.59. The van der Waals surface area contributed by atoms with E-state index in [0.29, 0.717) is 0 Å². The fourth-order valence-corrected chi connectivity index (χ4v) is 9.34. The van der Waals surface area contributed by atoms with Crippen LogP contribution in [0.2, 0.25) is 0 Å². The average Bonchev–Trinajstić information content (AvgIpc) is 3.85. The first-order chi connectivity index (χ1) is 26.4. The van der Waals surface area contributed by atoms with Crippen molar-refractivity contribution >= 4 is 55.0 Å². The highest BCUT2D eigenvalue weighted by Crippen LogP contribution is 2.47. The maximum Gasteiger partial charge on any atom is 0.0542 e. The molecule has 0 saturated heterocycles. The summed E-state index contributed by atoms with van der Waals surface area (Å²) in [5, 5.41) is 5.15. The van der Waals surface area contributed by atoms with Gasteiger partial charge in [0.1, 0.15) is 0 Å². The molecular weight excluding hydrogens is 667 g/mol. The fraction of sp³-hybridized carbons (Fsp3) is 0.269. The van der Waals surface area contributed by atoms with E-state index in [1.54, 1.807) is 0 Å². The van der Waals surface area contributed by atoms with Crippen molar-refractivity contribution in [3.8, 4) is 11.4 Å². The molecule has 0 unspecified atom stereocenters. The molecule has 1 aliphatic heterocycles. The number of aromatic nitrogens is 2. The van der Waals surface area contributed by atoms with E-state index in [4.69, 9.17) is 0 Å². The van der Waals surface area contributed by atoms with Gasteiger partial charge in [-0.3, -0.25) is 0 Å². The van der Waals surface area contributed by atoms with Crippen LogP contribution >= 0.6 is 0 Å². The second-order valence-corrected chi connectivity index (χ2v) is 17.2. The van der Waals surface area contributed by atoms with E-state index in [1.807, 2.05) is 0 Å². The SMILES string of the molecule is C=CC(C)(C)[C@@H]1Cc2cc(C)ccc2N1c1ccc2c(c1)c1cc(-n3c4ccc(C)cc4c4cc(C(C)(CC)CC)ccc43)ccc1n2-c1ccc(C)cc1. The molecule has 2 aromatic heterocycles. The van der Waals surface area contributed by atoms with Crippen molar-refractivity contribution in [2.45, 2.75) is 86.1 Å². The third kappa shape index (κ3) is 5.46. The van der Waals surface area contributed by atoms with Crippen molar-refractivity contribution < 1.29 is 0 Å². The summed E-state index contributed by atoms with van der Waals surface area (Å²) in [6.07, 6.45) is 5.36. The quantitative estimate of drug-likeness (QED) is 0.143. The van der Waals surface area contributed by atoms with Crippen LogP contribution in [0.3, 0.4) is 0 Å². The van der Waals surface area contributed by atoms with Gasteiger partial charge in [0.2, 0.25) is 0 Å². The summed E-state index contributed by atoms with van der Waals surface area (Å²) in [6, 6.07) is 44.6. The molecule has 3 heteroatoms. The minimum atomic E-state index is -0.0919. The van der Waals surface area contributed by atoms with Crippen LogP contribution in [0, 0.1) is 26.2 Å². The van der Waals surface area contributed by atoms with Gasteiger partial charge in [-0.05, 0) is 135 Å². The Labute approximate surface area is 326 Å². The number of nitrogens with zero attached hydrogens (tertiary/aromatic N) is 3. The van der Waals surface area contributed by atoms with Crippen LogP contribution in [-0.4, -0.2) is 15.2 Å². The molecular formula is C52H53N3. The Morgan fingerprint density at radius 1 is 0.564 bits per heavy atom. The van der Waals surface area contributed by atoms with Crippen molar-refractivity contribution in [1.82, 2.24) is 9.13 Å². The van der Waals surface area contributed by atoms with E-state index < -0.39 is 0 Å². The normalized spacial score (nSPS) is 14.8. The van der Waals surface area contributed by atoms with Gasteiger partial charge >= 0.3 is 0 Å². The van der Waals surface area contributed by atoms with Gasteiger partial charge in [0.25, 0.3) is 0 Å². The average molecular weight is 720 g/mol. The maximum absolute atomic E-state index is 4.29. The topological polar surface area (TPSA) is 13.1 Å². The molecule has 0 bridgehead atoms. The summed E-state index contributed by atoms with van der Waals surface area (Å²) >= 11 is 0. The fourth-order valence-electron chi connectivity index (χ4n) is 9.34. The minimum absolute atomic E-state index is 0.0919. The number of fused-ring (bicyclic) bond motifs is 7. The zero-order valence-corrected chi connectivity index (χ0v) is 33.8. The highest BCUT2D eigenvalue weighted by Gasteiger charge is 2.39. The summed E-state index contributed by atoms with van der Waals surface area (Å²) in [5.41, 5.74) is 16.5. The second kappa shape index (κ2) is 12.8. The van der Waals surface area contributed by atoms with E-state index in [0.717, 1.165) is 19.3 Å². The van der Waals surface area contributed by atoms with Crippen LogP contribution in [0.25, 0.3) is 55.0 Å².